The first-order valence-electron chi connectivity index (χ1n) is 6.70. The predicted octanol–water partition coefficient (Wildman–Crippen LogP) is 1.80. The lowest BCUT2D eigenvalue weighted by Crippen LogP contribution is -2.26. The molecule has 108 valence electrons. The highest BCUT2D eigenvalue weighted by molar-refractivity contribution is 5.95. The van der Waals surface area contributed by atoms with Gasteiger partial charge in [0, 0.05) is 13.1 Å². The average molecular weight is 284 g/mol. The van der Waals surface area contributed by atoms with Crippen molar-refractivity contribution in [3.05, 3.63) is 48.0 Å². The molecule has 6 nitrogen and oxygen atoms in total. The summed E-state index contributed by atoms with van der Waals surface area (Å²) < 4.78 is 4.80. The lowest BCUT2D eigenvalue weighted by molar-refractivity contribution is 0.301. The molecule has 0 amide bonds. The fourth-order valence-electron chi connectivity index (χ4n) is 2.34. The van der Waals surface area contributed by atoms with Crippen molar-refractivity contribution in [3.8, 4) is 0 Å². The first-order chi connectivity index (χ1) is 10.3. The van der Waals surface area contributed by atoms with E-state index in [4.69, 9.17) is 10.4 Å². The molecule has 3 rings (SSSR count). The Labute approximate surface area is 121 Å². The molecule has 21 heavy (non-hydrogen) atoms. The lowest BCUT2D eigenvalue weighted by atomic mass is 10.1. The van der Waals surface area contributed by atoms with Crippen LogP contribution >= 0.6 is 0 Å². The molecule has 0 unspecified atom stereocenters. The van der Waals surface area contributed by atoms with Gasteiger partial charge in [-0.2, -0.15) is 0 Å². The summed E-state index contributed by atoms with van der Waals surface area (Å²) in [6.07, 6.45) is 0. The largest absolute Gasteiger partial charge is 0.397 e. The zero-order valence-electron chi connectivity index (χ0n) is 11.4. The van der Waals surface area contributed by atoms with E-state index in [2.05, 4.69) is 10.3 Å². The minimum Gasteiger partial charge on any atom is -0.397 e. The standard InChI is InChI=1S/C15H16N4O2/c16-12-6-7-13(15-14(12)17-21-18-15)19(8-9-20)10-11-4-2-1-3-5-11/h1-7,20H,8-10,16H2. The van der Waals surface area contributed by atoms with E-state index in [1.807, 2.05) is 41.3 Å². The fraction of sp³-hybridized carbons (Fsp3) is 0.200. The monoisotopic (exact) mass is 284 g/mol. The Morgan fingerprint density at radius 3 is 2.57 bits per heavy atom. The highest BCUT2D eigenvalue weighted by Gasteiger charge is 2.15. The van der Waals surface area contributed by atoms with Crippen LogP contribution in [0.1, 0.15) is 5.56 Å². The zero-order chi connectivity index (χ0) is 14.7. The summed E-state index contributed by atoms with van der Waals surface area (Å²) in [5.74, 6) is 0. The number of anilines is 2. The number of rotatable bonds is 5. The number of nitrogen functional groups attached to an aromatic ring is 1. The summed E-state index contributed by atoms with van der Waals surface area (Å²) >= 11 is 0. The number of fused-ring (bicyclic) bond motifs is 1. The number of hydrogen-bond donors (Lipinski definition) is 2. The van der Waals surface area contributed by atoms with E-state index in [9.17, 15) is 5.11 Å². The van der Waals surface area contributed by atoms with Crippen molar-refractivity contribution in [1.82, 2.24) is 10.3 Å². The number of benzene rings is 2. The molecule has 0 bridgehead atoms. The Hall–Kier alpha value is -2.60. The summed E-state index contributed by atoms with van der Waals surface area (Å²) in [6.45, 7) is 1.19. The molecule has 0 saturated heterocycles. The van der Waals surface area contributed by atoms with Gasteiger partial charge in [-0.25, -0.2) is 4.63 Å². The van der Waals surface area contributed by atoms with Crippen LogP contribution in [0, 0.1) is 0 Å². The van der Waals surface area contributed by atoms with Gasteiger partial charge in [0.2, 0.25) is 0 Å². The number of aromatic nitrogens is 2. The zero-order valence-corrected chi connectivity index (χ0v) is 11.4. The maximum Gasteiger partial charge on any atom is 0.160 e. The average Bonchev–Trinajstić information content (AvgIpc) is 2.99. The number of nitrogens with zero attached hydrogens (tertiary/aromatic N) is 3. The molecule has 1 heterocycles. The van der Waals surface area contributed by atoms with E-state index >= 15 is 0 Å². The van der Waals surface area contributed by atoms with Crippen LogP contribution in [0.25, 0.3) is 11.0 Å². The molecule has 0 atom stereocenters. The van der Waals surface area contributed by atoms with Crippen LogP contribution in [-0.4, -0.2) is 28.6 Å². The van der Waals surface area contributed by atoms with Crippen molar-refractivity contribution < 1.29 is 9.74 Å². The van der Waals surface area contributed by atoms with E-state index in [0.29, 0.717) is 29.8 Å². The molecule has 6 heteroatoms. The van der Waals surface area contributed by atoms with E-state index in [1.54, 1.807) is 6.07 Å². The van der Waals surface area contributed by atoms with Gasteiger partial charge < -0.3 is 15.7 Å². The Morgan fingerprint density at radius 2 is 1.81 bits per heavy atom. The Morgan fingerprint density at radius 1 is 1.05 bits per heavy atom. The molecular weight excluding hydrogens is 268 g/mol. The minimum atomic E-state index is 0.0456. The van der Waals surface area contributed by atoms with Gasteiger partial charge in [0.1, 0.15) is 0 Å². The van der Waals surface area contributed by atoms with Gasteiger partial charge in [0.25, 0.3) is 0 Å². The van der Waals surface area contributed by atoms with Gasteiger partial charge in [0.15, 0.2) is 11.0 Å². The Bertz CT molecular complexity index is 727. The van der Waals surface area contributed by atoms with Gasteiger partial charge in [0.05, 0.1) is 18.0 Å². The molecule has 0 aliphatic carbocycles. The first kappa shape index (κ1) is 13.4. The smallest absolute Gasteiger partial charge is 0.160 e. The molecule has 0 fully saturated rings. The molecule has 2 aromatic carbocycles. The molecule has 1 aromatic heterocycles. The van der Waals surface area contributed by atoms with Gasteiger partial charge in [-0.1, -0.05) is 30.3 Å². The molecule has 0 spiro atoms. The van der Waals surface area contributed by atoms with Crippen LogP contribution in [0.5, 0.6) is 0 Å². The van der Waals surface area contributed by atoms with Crippen LogP contribution in [-0.2, 0) is 6.54 Å². The molecule has 3 N–H and O–H groups in total. The summed E-state index contributed by atoms with van der Waals surface area (Å²) in [5.41, 5.74) is 9.54. The molecule has 0 aliphatic heterocycles. The summed E-state index contributed by atoms with van der Waals surface area (Å²) in [5, 5.41) is 17.1. The molecule has 0 aliphatic rings. The van der Waals surface area contributed by atoms with Crippen molar-refractivity contribution in [3.63, 3.8) is 0 Å². The molecule has 0 radical (unpaired) electrons. The first-order valence-corrected chi connectivity index (χ1v) is 6.70. The summed E-state index contributed by atoms with van der Waals surface area (Å²) in [4.78, 5) is 2.03. The Kier molecular flexibility index (Phi) is 3.70. The van der Waals surface area contributed by atoms with Crippen LogP contribution in [0.3, 0.4) is 0 Å². The van der Waals surface area contributed by atoms with E-state index in [1.165, 1.54) is 0 Å². The van der Waals surface area contributed by atoms with Crippen molar-refractivity contribution >= 4 is 22.4 Å². The van der Waals surface area contributed by atoms with Crippen LogP contribution in [0.4, 0.5) is 11.4 Å². The number of aliphatic hydroxyl groups excluding tert-OH is 1. The second kappa shape index (κ2) is 5.80. The topological polar surface area (TPSA) is 88.4 Å². The third-order valence-electron chi connectivity index (χ3n) is 3.35. The van der Waals surface area contributed by atoms with Gasteiger partial charge in [-0.05, 0) is 28.0 Å². The van der Waals surface area contributed by atoms with Crippen molar-refractivity contribution in [2.45, 2.75) is 6.54 Å². The highest BCUT2D eigenvalue weighted by atomic mass is 16.6. The third-order valence-corrected chi connectivity index (χ3v) is 3.35. The van der Waals surface area contributed by atoms with Crippen LogP contribution in [0.2, 0.25) is 0 Å². The fourth-order valence-corrected chi connectivity index (χ4v) is 2.34. The molecular formula is C15H16N4O2. The van der Waals surface area contributed by atoms with Crippen molar-refractivity contribution in [2.24, 2.45) is 0 Å². The normalized spacial score (nSPS) is 10.9. The summed E-state index contributed by atoms with van der Waals surface area (Å²) in [6, 6.07) is 13.7. The van der Waals surface area contributed by atoms with E-state index in [0.717, 1.165) is 11.3 Å². The van der Waals surface area contributed by atoms with Gasteiger partial charge in [-0.3, -0.25) is 0 Å². The minimum absolute atomic E-state index is 0.0456. The SMILES string of the molecule is Nc1ccc(N(CCO)Cc2ccccc2)c2nonc12. The van der Waals surface area contributed by atoms with E-state index < -0.39 is 0 Å². The second-order valence-electron chi connectivity index (χ2n) is 4.77. The maximum absolute atomic E-state index is 9.33. The third kappa shape index (κ3) is 2.66. The predicted molar refractivity (Wildman–Crippen MR) is 80.8 cm³/mol. The molecule has 0 saturated carbocycles. The lowest BCUT2D eigenvalue weighted by Gasteiger charge is -2.24. The van der Waals surface area contributed by atoms with Crippen molar-refractivity contribution in [1.29, 1.82) is 0 Å². The second-order valence-corrected chi connectivity index (χ2v) is 4.77. The summed E-state index contributed by atoms with van der Waals surface area (Å²) in [7, 11) is 0. The molecule has 3 aromatic rings. The van der Waals surface area contributed by atoms with Crippen LogP contribution < -0.4 is 10.6 Å². The van der Waals surface area contributed by atoms with Gasteiger partial charge >= 0.3 is 0 Å². The maximum atomic E-state index is 9.33. The van der Waals surface area contributed by atoms with Gasteiger partial charge in [-0.15, -0.1) is 0 Å². The van der Waals surface area contributed by atoms with Crippen LogP contribution in [0.15, 0.2) is 47.1 Å². The highest BCUT2D eigenvalue weighted by Crippen LogP contribution is 2.29. The quantitative estimate of drug-likeness (QED) is 0.695. The Balaban J connectivity index is 1.99. The number of nitrogens with two attached hydrogens (primary N) is 1. The van der Waals surface area contributed by atoms with E-state index in [-0.39, 0.29) is 6.61 Å². The number of aliphatic hydroxyl groups is 1. The number of hydrogen-bond acceptors (Lipinski definition) is 6. The van der Waals surface area contributed by atoms with Crippen molar-refractivity contribution in [2.75, 3.05) is 23.8 Å².